The molecule has 7 heteroatoms. The standard InChI is InChI=1S/C26H24F4N2O/c27-22-7-4-18(5-8-22)20-11-21(26(33)31-13-17-2-1-3-23(28)10-17)16-32(15-20)14-19-6-9-24(29)12-25(19)30/h1-10,12,20-21H,11,13-16H2,(H,31,33)/t20-,21-/m0/s1. The van der Waals surface area contributed by atoms with Crippen LogP contribution in [-0.4, -0.2) is 23.9 Å². The molecule has 33 heavy (non-hydrogen) atoms. The Hall–Kier alpha value is -3.19. The number of carbonyl (C=O) groups is 1. The molecule has 0 aromatic heterocycles. The summed E-state index contributed by atoms with van der Waals surface area (Å²) in [7, 11) is 0. The molecule has 3 aromatic rings. The van der Waals surface area contributed by atoms with E-state index in [0.29, 0.717) is 30.6 Å². The molecule has 0 spiro atoms. The van der Waals surface area contributed by atoms with Crippen molar-refractivity contribution in [1.82, 2.24) is 10.2 Å². The molecule has 1 aliphatic rings. The van der Waals surface area contributed by atoms with Crippen molar-refractivity contribution in [2.75, 3.05) is 13.1 Å². The summed E-state index contributed by atoms with van der Waals surface area (Å²) >= 11 is 0. The van der Waals surface area contributed by atoms with E-state index < -0.39 is 17.6 Å². The SMILES string of the molecule is O=C(NCc1cccc(F)c1)[C@H]1C[C@H](c2ccc(F)cc2)CN(Cc2ccc(F)cc2F)C1. The molecule has 4 rings (SSSR count). The molecule has 0 aliphatic carbocycles. The molecule has 2 atom stereocenters. The highest BCUT2D eigenvalue weighted by molar-refractivity contribution is 5.79. The minimum absolute atomic E-state index is 0.0622. The summed E-state index contributed by atoms with van der Waals surface area (Å²) in [5.74, 6) is -2.64. The van der Waals surface area contributed by atoms with E-state index in [-0.39, 0.29) is 36.5 Å². The van der Waals surface area contributed by atoms with Gasteiger partial charge in [-0.25, -0.2) is 17.6 Å². The molecule has 1 fully saturated rings. The average molecular weight is 456 g/mol. The number of amides is 1. The first-order chi connectivity index (χ1) is 15.9. The lowest BCUT2D eigenvalue weighted by Crippen LogP contribution is -2.45. The van der Waals surface area contributed by atoms with Gasteiger partial charge in [0.25, 0.3) is 0 Å². The minimum Gasteiger partial charge on any atom is -0.352 e. The van der Waals surface area contributed by atoms with Crippen molar-refractivity contribution >= 4 is 5.91 Å². The molecule has 1 amide bonds. The van der Waals surface area contributed by atoms with Gasteiger partial charge in [-0.15, -0.1) is 0 Å². The first-order valence-electron chi connectivity index (χ1n) is 10.8. The van der Waals surface area contributed by atoms with E-state index in [2.05, 4.69) is 5.32 Å². The second kappa shape index (κ2) is 10.2. The van der Waals surface area contributed by atoms with E-state index in [1.165, 1.54) is 36.4 Å². The van der Waals surface area contributed by atoms with E-state index in [1.54, 1.807) is 24.3 Å². The summed E-state index contributed by atoms with van der Waals surface area (Å²) in [6.45, 7) is 1.36. The number of likely N-dealkylation sites (tertiary alicyclic amines) is 1. The van der Waals surface area contributed by atoms with Crippen molar-refractivity contribution in [2.45, 2.75) is 25.4 Å². The molecular weight excluding hydrogens is 432 g/mol. The number of carbonyl (C=O) groups excluding carboxylic acids is 1. The van der Waals surface area contributed by atoms with Crippen LogP contribution in [0, 0.1) is 29.2 Å². The molecule has 1 N–H and O–H groups in total. The van der Waals surface area contributed by atoms with Gasteiger partial charge < -0.3 is 5.32 Å². The van der Waals surface area contributed by atoms with Gasteiger partial charge in [-0.2, -0.15) is 0 Å². The summed E-state index contributed by atoms with van der Waals surface area (Å²) in [6.07, 6.45) is 0.545. The number of hydrogen-bond acceptors (Lipinski definition) is 2. The fourth-order valence-electron chi connectivity index (χ4n) is 4.36. The molecule has 1 aliphatic heterocycles. The average Bonchev–Trinajstić information content (AvgIpc) is 2.80. The largest absolute Gasteiger partial charge is 0.352 e. The third-order valence-corrected chi connectivity index (χ3v) is 6.00. The monoisotopic (exact) mass is 456 g/mol. The molecule has 172 valence electrons. The minimum atomic E-state index is -0.645. The Bertz CT molecular complexity index is 1120. The Morgan fingerprint density at radius 2 is 1.61 bits per heavy atom. The number of benzene rings is 3. The van der Waals surface area contributed by atoms with E-state index in [4.69, 9.17) is 0 Å². The van der Waals surface area contributed by atoms with Crippen LogP contribution in [0.5, 0.6) is 0 Å². The van der Waals surface area contributed by atoms with Crippen LogP contribution in [0.15, 0.2) is 66.7 Å². The summed E-state index contributed by atoms with van der Waals surface area (Å²) < 4.78 is 54.4. The lowest BCUT2D eigenvalue weighted by Gasteiger charge is -2.37. The number of halogens is 4. The summed E-state index contributed by atoms with van der Waals surface area (Å²) in [5, 5.41) is 2.86. The number of hydrogen-bond donors (Lipinski definition) is 1. The highest BCUT2D eigenvalue weighted by atomic mass is 19.1. The third kappa shape index (κ3) is 5.99. The smallest absolute Gasteiger partial charge is 0.224 e. The van der Waals surface area contributed by atoms with Gasteiger partial charge in [-0.3, -0.25) is 9.69 Å². The maximum Gasteiger partial charge on any atom is 0.224 e. The fourth-order valence-corrected chi connectivity index (χ4v) is 4.36. The van der Waals surface area contributed by atoms with Crippen LogP contribution in [0.4, 0.5) is 17.6 Å². The van der Waals surface area contributed by atoms with Gasteiger partial charge in [0, 0.05) is 37.8 Å². The van der Waals surface area contributed by atoms with Crippen LogP contribution < -0.4 is 5.32 Å². The van der Waals surface area contributed by atoms with E-state index in [0.717, 1.165) is 11.6 Å². The van der Waals surface area contributed by atoms with Gasteiger partial charge in [0.2, 0.25) is 5.91 Å². The Morgan fingerprint density at radius 3 is 2.33 bits per heavy atom. The van der Waals surface area contributed by atoms with E-state index in [1.807, 2.05) is 4.90 Å². The molecule has 0 bridgehead atoms. The highest BCUT2D eigenvalue weighted by Crippen LogP contribution is 2.32. The Labute approximate surface area is 190 Å². The van der Waals surface area contributed by atoms with Crippen LogP contribution in [0.25, 0.3) is 0 Å². The molecule has 1 saturated heterocycles. The van der Waals surface area contributed by atoms with E-state index in [9.17, 15) is 22.4 Å². The van der Waals surface area contributed by atoms with Crippen molar-refractivity contribution in [3.8, 4) is 0 Å². The number of nitrogens with zero attached hydrogens (tertiary/aromatic N) is 1. The topological polar surface area (TPSA) is 32.3 Å². The van der Waals surface area contributed by atoms with Crippen LogP contribution in [0.3, 0.4) is 0 Å². The number of rotatable bonds is 6. The summed E-state index contributed by atoms with van der Waals surface area (Å²) in [5.41, 5.74) is 1.89. The highest BCUT2D eigenvalue weighted by Gasteiger charge is 2.32. The number of piperidine rings is 1. The van der Waals surface area contributed by atoms with Crippen LogP contribution in [-0.2, 0) is 17.9 Å². The second-order valence-corrected chi connectivity index (χ2v) is 8.46. The van der Waals surface area contributed by atoms with Crippen molar-refractivity contribution in [2.24, 2.45) is 5.92 Å². The van der Waals surface area contributed by atoms with Crippen molar-refractivity contribution < 1.29 is 22.4 Å². The zero-order valence-electron chi connectivity index (χ0n) is 17.9. The molecule has 3 aromatic carbocycles. The quantitative estimate of drug-likeness (QED) is 0.520. The van der Waals surface area contributed by atoms with Crippen LogP contribution in [0.1, 0.15) is 29.0 Å². The van der Waals surface area contributed by atoms with Gasteiger partial charge in [0.1, 0.15) is 23.3 Å². The van der Waals surface area contributed by atoms with Gasteiger partial charge in [-0.05, 0) is 53.8 Å². The second-order valence-electron chi connectivity index (χ2n) is 8.46. The summed E-state index contributed by atoms with van der Waals surface area (Å²) in [6, 6.07) is 15.6. The normalized spacial score (nSPS) is 18.8. The fraction of sp³-hybridized carbons (Fsp3) is 0.269. The number of nitrogens with one attached hydrogen (secondary N) is 1. The zero-order chi connectivity index (χ0) is 23.4. The lowest BCUT2D eigenvalue weighted by atomic mass is 9.83. The Morgan fingerprint density at radius 1 is 0.879 bits per heavy atom. The van der Waals surface area contributed by atoms with Crippen molar-refractivity contribution in [1.29, 1.82) is 0 Å². The zero-order valence-corrected chi connectivity index (χ0v) is 17.9. The van der Waals surface area contributed by atoms with Gasteiger partial charge in [-0.1, -0.05) is 30.3 Å². The third-order valence-electron chi connectivity index (χ3n) is 6.00. The van der Waals surface area contributed by atoms with E-state index >= 15 is 0 Å². The van der Waals surface area contributed by atoms with Gasteiger partial charge in [0.05, 0.1) is 5.92 Å². The lowest BCUT2D eigenvalue weighted by molar-refractivity contribution is -0.127. The predicted molar refractivity (Wildman–Crippen MR) is 117 cm³/mol. The molecular formula is C26H24F4N2O. The first kappa shape index (κ1) is 23.0. The van der Waals surface area contributed by atoms with Crippen molar-refractivity contribution in [3.63, 3.8) is 0 Å². The molecule has 1 heterocycles. The molecule has 0 unspecified atom stereocenters. The Balaban J connectivity index is 1.50. The van der Waals surface area contributed by atoms with Gasteiger partial charge >= 0.3 is 0 Å². The van der Waals surface area contributed by atoms with Gasteiger partial charge in [0.15, 0.2) is 0 Å². The Kier molecular flexibility index (Phi) is 7.08. The van der Waals surface area contributed by atoms with Crippen molar-refractivity contribution in [3.05, 3.63) is 107 Å². The summed E-state index contributed by atoms with van der Waals surface area (Å²) in [4.78, 5) is 14.9. The maximum atomic E-state index is 14.2. The predicted octanol–water partition coefficient (Wildman–Crippen LogP) is 5.17. The first-order valence-corrected chi connectivity index (χ1v) is 10.8. The van der Waals surface area contributed by atoms with Crippen LogP contribution in [0.2, 0.25) is 0 Å². The molecule has 0 radical (unpaired) electrons. The van der Waals surface area contributed by atoms with Crippen LogP contribution >= 0.6 is 0 Å². The molecule has 3 nitrogen and oxygen atoms in total. The maximum absolute atomic E-state index is 14.2. The molecule has 0 saturated carbocycles.